The van der Waals surface area contributed by atoms with Crippen molar-refractivity contribution in [2.45, 2.75) is 338 Å². The van der Waals surface area contributed by atoms with E-state index in [4.69, 9.17) is 18.9 Å². The third kappa shape index (κ3) is 37.0. The summed E-state index contributed by atoms with van der Waals surface area (Å²) in [4.78, 5) is 13.3. The van der Waals surface area contributed by atoms with Crippen molar-refractivity contribution in [1.29, 1.82) is 0 Å². The Kier molecular flexibility index (Phi) is 48.1. The van der Waals surface area contributed by atoms with Gasteiger partial charge in [-0.1, -0.05) is 248 Å². The molecule has 9 N–H and O–H groups in total. The first kappa shape index (κ1) is 74.8. The van der Waals surface area contributed by atoms with Gasteiger partial charge in [0.15, 0.2) is 12.6 Å². The summed E-state index contributed by atoms with van der Waals surface area (Å²) in [5.41, 5.74) is 0. The van der Waals surface area contributed by atoms with Gasteiger partial charge >= 0.3 is 0 Å². The Morgan fingerprint density at radius 2 is 0.827 bits per heavy atom. The molecule has 14 heteroatoms. The van der Waals surface area contributed by atoms with E-state index in [1.807, 2.05) is 6.08 Å². The SMILES string of the molecule is CCCCCCC/C=C\C/C=C\C/C=C\CCCCCCCCCCCCCCC(=O)NC(COC1OC(CO)C(OC2OC(CO)C(O)C(O)C2O)C(O)C1O)C(O)/C=C/CC/C=C/CCCCCCCCCCCCCCCC. The molecule has 2 saturated heterocycles. The predicted molar refractivity (Wildman–Crippen MR) is 327 cm³/mol. The Morgan fingerprint density at radius 1 is 0.444 bits per heavy atom. The molecule has 12 atom stereocenters. The van der Waals surface area contributed by atoms with E-state index in [0.29, 0.717) is 12.8 Å². The Morgan fingerprint density at radius 3 is 1.30 bits per heavy atom. The maximum absolute atomic E-state index is 13.3. The van der Waals surface area contributed by atoms with E-state index in [0.717, 1.165) is 44.9 Å². The molecule has 2 aliphatic rings. The number of ether oxygens (including phenoxy) is 4. The lowest BCUT2D eigenvalue weighted by Crippen LogP contribution is -2.65. The molecule has 472 valence electrons. The average molecular weight is 1150 g/mol. The summed E-state index contributed by atoms with van der Waals surface area (Å²) >= 11 is 0. The van der Waals surface area contributed by atoms with Crippen LogP contribution in [0.25, 0.3) is 0 Å². The molecule has 1 amide bonds. The van der Waals surface area contributed by atoms with Crippen molar-refractivity contribution in [2.75, 3.05) is 19.8 Å². The number of carbonyl (C=O) groups is 1. The van der Waals surface area contributed by atoms with E-state index in [1.54, 1.807) is 6.08 Å². The van der Waals surface area contributed by atoms with E-state index >= 15 is 0 Å². The summed E-state index contributed by atoms with van der Waals surface area (Å²) in [7, 11) is 0. The molecule has 0 bridgehead atoms. The molecule has 0 saturated carbocycles. The highest BCUT2D eigenvalue weighted by Gasteiger charge is 2.51. The molecular formula is C67H121NO13. The zero-order valence-electron chi connectivity index (χ0n) is 51.0. The molecule has 0 aromatic heterocycles. The topological polar surface area (TPSA) is 228 Å². The Balaban J connectivity index is 1.72. The zero-order chi connectivity index (χ0) is 58.8. The highest BCUT2D eigenvalue weighted by Crippen LogP contribution is 2.30. The van der Waals surface area contributed by atoms with E-state index < -0.39 is 86.8 Å². The van der Waals surface area contributed by atoms with Gasteiger partial charge in [-0.05, 0) is 70.6 Å². The highest BCUT2D eigenvalue weighted by molar-refractivity contribution is 5.76. The van der Waals surface area contributed by atoms with Gasteiger partial charge in [-0.3, -0.25) is 4.79 Å². The zero-order valence-corrected chi connectivity index (χ0v) is 51.0. The number of unbranched alkanes of at least 4 members (excludes halogenated alkanes) is 32. The molecule has 14 nitrogen and oxygen atoms in total. The predicted octanol–water partition coefficient (Wildman–Crippen LogP) is 12.5. The molecule has 2 aliphatic heterocycles. The van der Waals surface area contributed by atoms with Crippen LogP contribution in [0.2, 0.25) is 0 Å². The average Bonchev–Trinajstić information content (AvgIpc) is 3.62. The summed E-state index contributed by atoms with van der Waals surface area (Å²) in [6.07, 6.45) is 51.2. The van der Waals surface area contributed by atoms with Crippen molar-refractivity contribution in [1.82, 2.24) is 5.32 Å². The maximum Gasteiger partial charge on any atom is 0.220 e. The third-order valence-electron chi connectivity index (χ3n) is 15.9. The van der Waals surface area contributed by atoms with Crippen molar-refractivity contribution in [3.05, 3.63) is 60.8 Å². The van der Waals surface area contributed by atoms with Gasteiger partial charge < -0.3 is 65.1 Å². The van der Waals surface area contributed by atoms with Crippen LogP contribution in [0.5, 0.6) is 0 Å². The molecule has 0 radical (unpaired) electrons. The number of allylic oxidation sites excluding steroid dienone is 9. The summed E-state index contributed by atoms with van der Waals surface area (Å²) in [5, 5.41) is 87.3. The third-order valence-corrected chi connectivity index (χ3v) is 15.9. The van der Waals surface area contributed by atoms with Crippen molar-refractivity contribution in [2.24, 2.45) is 0 Å². The first-order valence-electron chi connectivity index (χ1n) is 33.0. The summed E-state index contributed by atoms with van der Waals surface area (Å²) < 4.78 is 22.8. The summed E-state index contributed by atoms with van der Waals surface area (Å²) in [5.74, 6) is -0.250. The number of rotatable bonds is 53. The summed E-state index contributed by atoms with van der Waals surface area (Å²) in [6.45, 7) is 2.79. The number of carbonyl (C=O) groups excluding carboxylic acids is 1. The lowest BCUT2D eigenvalue weighted by molar-refractivity contribution is -0.359. The number of aliphatic hydroxyl groups excluding tert-OH is 8. The molecule has 0 aromatic rings. The van der Waals surface area contributed by atoms with Crippen LogP contribution in [-0.2, 0) is 23.7 Å². The molecule has 2 heterocycles. The Hall–Kier alpha value is -2.31. The quantitative estimate of drug-likeness (QED) is 0.0204. The highest BCUT2D eigenvalue weighted by atomic mass is 16.7. The molecular weight excluding hydrogens is 1030 g/mol. The summed E-state index contributed by atoms with van der Waals surface area (Å²) in [6, 6.07) is -0.935. The second kappa shape index (κ2) is 52.1. The molecule has 0 aliphatic carbocycles. The van der Waals surface area contributed by atoms with Crippen LogP contribution in [0.15, 0.2) is 60.8 Å². The van der Waals surface area contributed by atoms with Crippen molar-refractivity contribution >= 4 is 5.91 Å². The molecule has 0 aromatic carbocycles. The van der Waals surface area contributed by atoms with Gasteiger partial charge in [0.2, 0.25) is 5.91 Å². The fraction of sp³-hybridized carbons (Fsp3) is 0.836. The molecule has 2 fully saturated rings. The minimum absolute atomic E-state index is 0.250. The number of nitrogens with one attached hydrogen (secondary N) is 1. The standard InChI is InChI=1S/C67H121NO13/c1-3-5-7-9-11-13-15-17-19-21-23-25-26-27-28-29-30-31-33-35-37-39-41-43-45-47-49-51-59(72)68-55(56(71)50-48-46-44-42-40-38-36-34-32-24-22-20-18-16-14-12-10-8-6-4-2)54-78-66-64(77)62(75)65(58(53-70)80-66)81-67-63(76)61(74)60(73)57(52-69)79-67/h15,17,21,23,26-27,40,42,48,50,55-58,60-67,69-71,73-77H,3-14,16,18-20,22,24-25,28-39,41,43-47,49,51-54H2,1-2H3,(H,68,72)/b17-15-,23-21-,27-26-,42-40+,50-48+. The van der Waals surface area contributed by atoms with Crippen molar-refractivity contribution in [3.8, 4) is 0 Å². The van der Waals surface area contributed by atoms with Gasteiger partial charge in [-0.2, -0.15) is 0 Å². The Bertz CT molecular complexity index is 1590. The largest absolute Gasteiger partial charge is 0.394 e. The van der Waals surface area contributed by atoms with E-state index in [-0.39, 0.29) is 18.9 Å². The minimum atomic E-state index is -1.79. The molecule has 2 rings (SSSR count). The van der Waals surface area contributed by atoms with Crippen molar-refractivity contribution < 1.29 is 64.6 Å². The van der Waals surface area contributed by atoms with Gasteiger partial charge in [0.05, 0.1) is 32.0 Å². The lowest BCUT2D eigenvalue weighted by atomic mass is 9.97. The second-order valence-corrected chi connectivity index (χ2v) is 23.2. The van der Waals surface area contributed by atoms with Gasteiger partial charge in [0.25, 0.3) is 0 Å². The molecule has 12 unspecified atom stereocenters. The Labute approximate surface area is 492 Å². The van der Waals surface area contributed by atoms with Crippen molar-refractivity contribution in [3.63, 3.8) is 0 Å². The van der Waals surface area contributed by atoms with Crippen LogP contribution in [0.1, 0.15) is 264 Å². The van der Waals surface area contributed by atoms with Crippen LogP contribution < -0.4 is 5.32 Å². The van der Waals surface area contributed by atoms with Crippen LogP contribution in [0.4, 0.5) is 0 Å². The fourth-order valence-corrected chi connectivity index (χ4v) is 10.6. The van der Waals surface area contributed by atoms with E-state index in [1.165, 1.54) is 186 Å². The van der Waals surface area contributed by atoms with Crippen LogP contribution >= 0.6 is 0 Å². The smallest absolute Gasteiger partial charge is 0.220 e. The lowest BCUT2D eigenvalue weighted by Gasteiger charge is -2.46. The van der Waals surface area contributed by atoms with Gasteiger partial charge in [-0.15, -0.1) is 0 Å². The minimum Gasteiger partial charge on any atom is -0.394 e. The van der Waals surface area contributed by atoms with Gasteiger partial charge in [0, 0.05) is 6.42 Å². The van der Waals surface area contributed by atoms with Crippen LogP contribution in [0, 0.1) is 0 Å². The van der Waals surface area contributed by atoms with E-state index in [9.17, 15) is 45.6 Å². The van der Waals surface area contributed by atoms with Crippen LogP contribution in [0.3, 0.4) is 0 Å². The number of amides is 1. The second-order valence-electron chi connectivity index (χ2n) is 23.2. The number of aliphatic hydroxyl groups is 8. The number of hydrogen-bond acceptors (Lipinski definition) is 13. The maximum atomic E-state index is 13.3. The monoisotopic (exact) mass is 1150 g/mol. The normalized spacial score (nSPS) is 24.5. The molecule has 81 heavy (non-hydrogen) atoms. The van der Waals surface area contributed by atoms with E-state index in [2.05, 4.69) is 67.8 Å². The van der Waals surface area contributed by atoms with Crippen LogP contribution in [-0.4, -0.2) is 140 Å². The fourth-order valence-electron chi connectivity index (χ4n) is 10.6. The van der Waals surface area contributed by atoms with Gasteiger partial charge in [0.1, 0.15) is 48.8 Å². The van der Waals surface area contributed by atoms with Gasteiger partial charge in [-0.25, -0.2) is 0 Å². The first-order valence-corrected chi connectivity index (χ1v) is 33.0. The number of hydrogen-bond donors (Lipinski definition) is 9. The first-order chi connectivity index (χ1) is 39.6. The molecule has 0 spiro atoms.